The number of amides is 2. The van der Waals surface area contributed by atoms with Gasteiger partial charge < -0.3 is 9.47 Å². The molecular formula is C23H22N2O4. The van der Waals surface area contributed by atoms with Gasteiger partial charge in [-0.1, -0.05) is 36.4 Å². The summed E-state index contributed by atoms with van der Waals surface area (Å²) in [5, 5.41) is 0. The molecule has 1 atom stereocenters. The molecule has 29 heavy (non-hydrogen) atoms. The molecule has 0 N–H and O–H groups in total. The van der Waals surface area contributed by atoms with Crippen molar-refractivity contribution in [3.8, 4) is 5.75 Å². The number of ether oxygens (including phenoxy) is 2. The molecule has 0 aliphatic carbocycles. The lowest BCUT2D eigenvalue weighted by atomic mass is 9.88. The SMILES string of the molecule is COC(=O)C1=C(C)N(Cc2ccc(OC)cc2)C(=O)N2C=Cc3ccccc3C12. The Morgan fingerprint density at radius 1 is 1.07 bits per heavy atom. The molecule has 0 radical (unpaired) electrons. The van der Waals surface area contributed by atoms with Crippen LogP contribution in [0.2, 0.25) is 0 Å². The van der Waals surface area contributed by atoms with Crippen LogP contribution in [0.25, 0.3) is 6.08 Å². The van der Waals surface area contributed by atoms with E-state index in [-0.39, 0.29) is 6.03 Å². The number of hydrogen-bond acceptors (Lipinski definition) is 4. The summed E-state index contributed by atoms with van der Waals surface area (Å²) >= 11 is 0. The number of allylic oxidation sites excluding steroid dienone is 1. The lowest BCUT2D eigenvalue weighted by Crippen LogP contribution is -2.48. The van der Waals surface area contributed by atoms with E-state index in [2.05, 4.69) is 0 Å². The van der Waals surface area contributed by atoms with Gasteiger partial charge in [0.05, 0.1) is 32.4 Å². The van der Waals surface area contributed by atoms with E-state index in [0.717, 1.165) is 22.4 Å². The molecule has 0 spiro atoms. The van der Waals surface area contributed by atoms with Gasteiger partial charge in [0.25, 0.3) is 0 Å². The molecule has 2 heterocycles. The molecule has 0 saturated heterocycles. The third kappa shape index (κ3) is 3.16. The predicted molar refractivity (Wildman–Crippen MR) is 109 cm³/mol. The van der Waals surface area contributed by atoms with Gasteiger partial charge in [0.2, 0.25) is 0 Å². The fourth-order valence-corrected chi connectivity index (χ4v) is 3.87. The Hall–Kier alpha value is -3.54. The molecular weight excluding hydrogens is 368 g/mol. The van der Waals surface area contributed by atoms with Crippen LogP contribution < -0.4 is 4.74 Å². The third-order valence-electron chi connectivity index (χ3n) is 5.41. The summed E-state index contributed by atoms with van der Waals surface area (Å²) in [6.45, 7) is 2.14. The fourth-order valence-electron chi connectivity index (χ4n) is 3.87. The first kappa shape index (κ1) is 18.8. The summed E-state index contributed by atoms with van der Waals surface area (Å²) in [5.74, 6) is 0.312. The van der Waals surface area contributed by atoms with Crippen molar-refractivity contribution < 1.29 is 19.1 Å². The van der Waals surface area contributed by atoms with E-state index in [1.54, 1.807) is 30.0 Å². The number of methoxy groups -OCH3 is 2. The van der Waals surface area contributed by atoms with Crippen LogP contribution in [0, 0.1) is 0 Å². The molecule has 2 aromatic carbocycles. The molecule has 4 rings (SSSR count). The van der Waals surface area contributed by atoms with E-state index in [9.17, 15) is 9.59 Å². The number of rotatable bonds is 4. The molecule has 1 unspecified atom stereocenters. The summed E-state index contributed by atoms with van der Waals surface area (Å²) < 4.78 is 10.3. The number of hydrogen-bond donors (Lipinski definition) is 0. The first-order valence-electron chi connectivity index (χ1n) is 9.34. The van der Waals surface area contributed by atoms with Gasteiger partial charge in [-0.15, -0.1) is 0 Å². The minimum atomic E-state index is -0.497. The number of urea groups is 1. The van der Waals surface area contributed by atoms with Crippen molar-refractivity contribution in [3.63, 3.8) is 0 Å². The van der Waals surface area contributed by atoms with Crippen LogP contribution in [0.5, 0.6) is 5.75 Å². The maximum atomic E-state index is 13.4. The highest BCUT2D eigenvalue weighted by Crippen LogP contribution is 2.42. The molecule has 2 aliphatic rings. The highest BCUT2D eigenvalue weighted by atomic mass is 16.5. The van der Waals surface area contributed by atoms with Gasteiger partial charge in [0.15, 0.2) is 0 Å². The monoisotopic (exact) mass is 390 g/mol. The summed E-state index contributed by atoms with van der Waals surface area (Å²) in [6.07, 6.45) is 3.64. The molecule has 0 bridgehead atoms. The second kappa shape index (κ2) is 7.47. The maximum Gasteiger partial charge on any atom is 0.337 e. The third-order valence-corrected chi connectivity index (χ3v) is 5.41. The van der Waals surface area contributed by atoms with Crippen LogP contribution in [-0.4, -0.2) is 36.0 Å². The van der Waals surface area contributed by atoms with Crippen LogP contribution in [-0.2, 0) is 16.1 Å². The number of nitrogens with zero attached hydrogens (tertiary/aromatic N) is 2. The van der Waals surface area contributed by atoms with Crippen LogP contribution in [0.1, 0.15) is 29.7 Å². The van der Waals surface area contributed by atoms with E-state index < -0.39 is 12.0 Å². The molecule has 0 fully saturated rings. The van der Waals surface area contributed by atoms with Crippen LogP contribution >= 0.6 is 0 Å². The van der Waals surface area contributed by atoms with E-state index >= 15 is 0 Å². The minimum absolute atomic E-state index is 0.179. The normalized spacial score (nSPS) is 17.8. The second-order valence-corrected chi connectivity index (χ2v) is 6.96. The first-order chi connectivity index (χ1) is 14.0. The molecule has 2 amide bonds. The Morgan fingerprint density at radius 3 is 2.48 bits per heavy atom. The fraction of sp³-hybridized carbons (Fsp3) is 0.217. The Kier molecular flexibility index (Phi) is 4.84. The molecule has 6 nitrogen and oxygen atoms in total. The van der Waals surface area contributed by atoms with Gasteiger partial charge in [-0.25, -0.2) is 9.59 Å². The standard InChI is InChI=1S/C23H22N2O4/c1-15-20(22(26)29-3)21-19-7-5-4-6-17(19)12-13-24(21)23(27)25(15)14-16-8-10-18(28-2)11-9-16/h4-13,21H,14H2,1-3H3. The van der Waals surface area contributed by atoms with Crippen LogP contribution in [0.15, 0.2) is 66.0 Å². The first-order valence-corrected chi connectivity index (χ1v) is 9.34. The smallest absolute Gasteiger partial charge is 0.337 e. The Morgan fingerprint density at radius 2 is 1.79 bits per heavy atom. The molecule has 148 valence electrons. The lowest BCUT2D eigenvalue weighted by Gasteiger charge is -2.43. The average molecular weight is 390 g/mol. The van der Waals surface area contributed by atoms with E-state index in [1.807, 2.05) is 54.6 Å². The Labute approximate surface area is 169 Å². The van der Waals surface area contributed by atoms with Crippen molar-refractivity contribution in [1.82, 2.24) is 9.80 Å². The number of carbonyl (C=O) groups excluding carboxylic acids is 2. The lowest BCUT2D eigenvalue weighted by molar-refractivity contribution is -0.137. The number of fused-ring (bicyclic) bond motifs is 3. The average Bonchev–Trinajstić information content (AvgIpc) is 2.76. The van der Waals surface area contributed by atoms with Crippen molar-refractivity contribution in [3.05, 3.63) is 82.7 Å². The van der Waals surface area contributed by atoms with Gasteiger partial charge in [0, 0.05) is 11.9 Å². The zero-order chi connectivity index (χ0) is 20.5. The number of benzene rings is 2. The number of carbonyl (C=O) groups is 2. The van der Waals surface area contributed by atoms with Crippen molar-refractivity contribution in [1.29, 1.82) is 0 Å². The second-order valence-electron chi connectivity index (χ2n) is 6.96. The summed E-state index contributed by atoms with van der Waals surface area (Å²) in [6, 6.07) is 14.6. The predicted octanol–water partition coefficient (Wildman–Crippen LogP) is 4.11. The molecule has 0 aromatic heterocycles. The summed E-state index contributed by atoms with van der Waals surface area (Å²) in [7, 11) is 2.97. The molecule has 0 saturated carbocycles. The van der Waals surface area contributed by atoms with Crippen LogP contribution in [0.4, 0.5) is 4.79 Å². The van der Waals surface area contributed by atoms with Crippen molar-refractivity contribution in [2.24, 2.45) is 0 Å². The van der Waals surface area contributed by atoms with E-state index in [0.29, 0.717) is 17.8 Å². The largest absolute Gasteiger partial charge is 0.497 e. The maximum absolute atomic E-state index is 13.4. The number of esters is 1. The summed E-state index contributed by atoms with van der Waals surface area (Å²) in [5.41, 5.74) is 3.90. The van der Waals surface area contributed by atoms with Gasteiger partial charge in [-0.05, 0) is 41.8 Å². The molecule has 2 aromatic rings. The van der Waals surface area contributed by atoms with Gasteiger partial charge >= 0.3 is 12.0 Å². The van der Waals surface area contributed by atoms with E-state index in [1.165, 1.54) is 7.11 Å². The quantitative estimate of drug-likeness (QED) is 0.738. The van der Waals surface area contributed by atoms with Crippen molar-refractivity contribution in [2.75, 3.05) is 14.2 Å². The highest BCUT2D eigenvalue weighted by Gasteiger charge is 2.43. The van der Waals surface area contributed by atoms with E-state index in [4.69, 9.17) is 9.47 Å². The zero-order valence-corrected chi connectivity index (χ0v) is 16.6. The van der Waals surface area contributed by atoms with Crippen LogP contribution in [0.3, 0.4) is 0 Å². The van der Waals surface area contributed by atoms with Crippen molar-refractivity contribution >= 4 is 18.1 Å². The zero-order valence-electron chi connectivity index (χ0n) is 16.6. The molecule has 2 aliphatic heterocycles. The highest BCUT2D eigenvalue weighted by molar-refractivity contribution is 5.96. The summed E-state index contributed by atoms with van der Waals surface area (Å²) in [4.78, 5) is 29.3. The minimum Gasteiger partial charge on any atom is -0.497 e. The van der Waals surface area contributed by atoms with Gasteiger partial charge in [-0.2, -0.15) is 0 Å². The van der Waals surface area contributed by atoms with Gasteiger partial charge in [0.1, 0.15) is 5.75 Å². The Balaban J connectivity index is 1.79. The van der Waals surface area contributed by atoms with Crippen molar-refractivity contribution in [2.45, 2.75) is 19.5 Å². The Bertz CT molecular complexity index is 1020. The van der Waals surface area contributed by atoms with Gasteiger partial charge in [-0.3, -0.25) is 9.80 Å². The topological polar surface area (TPSA) is 59.1 Å². The molecule has 6 heteroatoms.